The smallest absolute Gasteiger partial charge is 0.193 e. The fourth-order valence-electron chi connectivity index (χ4n) is 3.86. The Bertz CT molecular complexity index is 939. The van der Waals surface area contributed by atoms with Crippen LogP contribution in [0.25, 0.3) is 5.57 Å². The lowest BCUT2D eigenvalue weighted by molar-refractivity contribution is 0.105. The van der Waals surface area contributed by atoms with E-state index in [-0.39, 0.29) is 11.2 Å². The van der Waals surface area contributed by atoms with Crippen molar-refractivity contribution in [2.45, 2.75) is 25.7 Å². The molecular weight excluding hydrogens is 343 g/mol. The number of carbonyl (C=O) groups excluding carboxylic acids is 1. The van der Waals surface area contributed by atoms with Crippen molar-refractivity contribution >= 4 is 34.6 Å². The first-order valence-corrected chi connectivity index (χ1v) is 8.55. The normalized spacial score (nSPS) is 17.5. The van der Waals surface area contributed by atoms with Crippen LogP contribution < -0.4 is 4.74 Å². The van der Waals surface area contributed by atoms with Gasteiger partial charge < -0.3 is 4.74 Å². The first-order valence-electron chi connectivity index (χ1n) is 7.79. The number of fused-ring (bicyclic) bond motifs is 3. The van der Waals surface area contributed by atoms with Crippen LogP contribution in [0, 0.1) is 0 Å². The number of ketones is 1. The minimum Gasteiger partial charge on any atom is -0.497 e. The molecule has 4 rings (SSSR count). The van der Waals surface area contributed by atoms with Crippen LogP contribution in [0.15, 0.2) is 35.9 Å². The van der Waals surface area contributed by atoms with Gasteiger partial charge in [-0.1, -0.05) is 37.0 Å². The van der Waals surface area contributed by atoms with Gasteiger partial charge in [-0.25, -0.2) is 0 Å². The van der Waals surface area contributed by atoms with Gasteiger partial charge in [0.1, 0.15) is 5.75 Å². The van der Waals surface area contributed by atoms with Crippen LogP contribution in [0.5, 0.6) is 5.75 Å². The van der Waals surface area contributed by atoms with E-state index >= 15 is 0 Å². The van der Waals surface area contributed by atoms with Crippen molar-refractivity contribution in [1.29, 1.82) is 0 Å². The molecule has 0 saturated heterocycles. The Labute approximate surface area is 151 Å². The highest BCUT2D eigenvalue weighted by atomic mass is 35.5. The van der Waals surface area contributed by atoms with Gasteiger partial charge in [0.15, 0.2) is 5.78 Å². The van der Waals surface area contributed by atoms with E-state index in [1.807, 2.05) is 30.3 Å². The second-order valence-corrected chi connectivity index (χ2v) is 7.63. The molecular formula is C20H16Cl2O2. The number of hydrogen-bond acceptors (Lipinski definition) is 2. The molecule has 0 saturated carbocycles. The molecule has 0 fully saturated rings. The highest BCUT2D eigenvalue weighted by Crippen LogP contribution is 2.51. The quantitative estimate of drug-likeness (QED) is 0.673. The number of carbonyl (C=O) groups is 1. The van der Waals surface area contributed by atoms with Crippen LogP contribution in [0.4, 0.5) is 0 Å². The third-order valence-corrected chi connectivity index (χ3v) is 5.93. The molecule has 0 aliphatic heterocycles. The summed E-state index contributed by atoms with van der Waals surface area (Å²) < 4.78 is 5.35. The summed E-state index contributed by atoms with van der Waals surface area (Å²) in [6.45, 7) is 4.31. The molecule has 0 atom stereocenters. The zero-order valence-corrected chi connectivity index (χ0v) is 15.2. The largest absolute Gasteiger partial charge is 0.497 e. The van der Waals surface area contributed by atoms with E-state index in [1.54, 1.807) is 7.11 Å². The van der Waals surface area contributed by atoms with Crippen LogP contribution in [0.1, 0.15) is 40.9 Å². The Morgan fingerprint density at radius 1 is 1.04 bits per heavy atom. The zero-order valence-electron chi connectivity index (χ0n) is 13.7. The van der Waals surface area contributed by atoms with Crippen LogP contribution in [-0.2, 0) is 11.8 Å². The van der Waals surface area contributed by atoms with Crippen molar-refractivity contribution in [2.75, 3.05) is 7.11 Å². The molecule has 24 heavy (non-hydrogen) atoms. The van der Waals surface area contributed by atoms with E-state index in [2.05, 4.69) is 13.8 Å². The van der Waals surface area contributed by atoms with Gasteiger partial charge in [0.2, 0.25) is 0 Å². The average molecular weight is 359 g/mol. The lowest BCUT2D eigenvalue weighted by Gasteiger charge is -2.34. The third kappa shape index (κ3) is 2.00. The lowest BCUT2D eigenvalue weighted by Crippen LogP contribution is -2.29. The predicted molar refractivity (Wildman–Crippen MR) is 97.4 cm³/mol. The van der Waals surface area contributed by atoms with Gasteiger partial charge in [-0.2, -0.15) is 0 Å². The van der Waals surface area contributed by atoms with Crippen LogP contribution in [0.3, 0.4) is 0 Å². The summed E-state index contributed by atoms with van der Waals surface area (Å²) >= 11 is 12.4. The molecule has 0 bridgehead atoms. The van der Waals surface area contributed by atoms with Crippen LogP contribution >= 0.6 is 23.2 Å². The summed E-state index contributed by atoms with van der Waals surface area (Å²) in [6, 6.07) is 9.37. The summed E-state index contributed by atoms with van der Waals surface area (Å²) in [5, 5.41) is 1.01. The lowest BCUT2D eigenvalue weighted by atomic mass is 9.68. The Morgan fingerprint density at radius 2 is 1.75 bits per heavy atom. The SMILES string of the molecule is COc1ccc2c(c1)C(C)(C)C1=C(C2=O)c2cc(Cl)c(Cl)cc2C1. The number of halogens is 2. The Hall–Kier alpha value is -1.77. The first-order chi connectivity index (χ1) is 11.3. The van der Waals surface area contributed by atoms with E-state index in [0.29, 0.717) is 10.0 Å². The van der Waals surface area contributed by atoms with E-state index in [0.717, 1.165) is 45.6 Å². The number of allylic oxidation sites excluding steroid dienone is 2. The van der Waals surface area contributed by atoms with Crippen molar-refractivity contribution in [3.8, 4) is 5.75 Å². The molecule has 2 aromatic carbocycles. The molecule has 2 aromatic rings. The molecule has 0 aromatic heterocycles. The van der Waals surface area contributed by atoms with Gasteiger partial charge in [-0.05, 0) is 59.0 Å². The molecule has 0 N–H and O–H groups in total. The maximum Gasteiger partial charge on any atom is 0.193 e. The van der Waals surface area contributed by atoms with Crippen LogP contribution in [0.2, 0.25) is 10.0 Å². The van der Waals surface area contributed by atoms with Crippen molar-refractivity contribution in [2.24, 2.45) is 0 Å². The van der Waals surface area contributed by atoms with Crippen molar-refractivity contribution in [3.05, 3.63) is 68.2 Å². The maximum atomic E-state index is 13.2. The molecule has 2 nitrogen and oxygen atoms in total. The van der Waals surface area contributed by atoms with Gasteiger partial charge >= 0.3 is 0 Å². The molecule has 0 heterocycles. The van der Waals surface area contributed by atoms with Crippen molar-refractivity contribution in [3.63, 3.8) is 0 Å². The highest BCUT2D eigenvalue weighted by Gasteiger charge is 2.43. The molecule has 0 spiro atoms. The summed E-state index contributed by atoms with van der Waals surface area (Å²) in [6.07, 6.45) is 0.719. The number of Topliss-reactive ketones (excluding diaryl/α,β-unsaturated/α-hetero) is 1. The third-order valence-electron chi connectivity index (χ3n) is 5.21. The fraction of sp³-hybridized carbons (Fsp3) is 0.250. The summed E-state index contributed by atoms with van der Waals surface area (Å²) in [4.78, 5) is 13.2. The summed E-state index contributed by atoms with van der Waals surface area (Å²) in [7, 11) is 1.64. The van der Waals surface area contributed by atoms with Crippen LogP contribution in [-0.4, -0.2) is 12.9 Å². The van der Waals surface area contributed by atoms with Gasteiger partial charge in [-0.15, -0.1) is 0 Å². The predicted octanol–water partition coefficient (Wildman–Crippen LogP) is 5.49. The number of methoxy groups -OCH3 is 1. The van der Waals surface area contributed by atoms with E-state index < -0.39 is 0 Å². The number of ether oxygens (including phenoxy) is 1. The Balaban J connectivity index is 1.97. The minimum absolute atomic E-state index is 0.0547. The Morgan fingerprint density at radius 3 is 2.46 bits per heavy atom. The monoisotopic (exact) mass is 358 g/mol. The molecule has 2 aliphatic carbocycles. The number of rotatable bonds is 1. The Kier molecular flexibility index (Phi) is 3.35. The molecule has 0 unspecified atom stereocenters. The summed E-state index contributed by atoms with van der Waals surface area (Å²) in [5.41, 5.74) is 5.38. The van der Waals surface area contributed by atoms with Gasteiger partial charge in [0.05, 0.1) is 17.2 Å². The standard InChI is InChI=1S/C20H16Cl2O2/c1-20(2)14-8-11(24-3)4-5-12(14)19(23)18-13-9-17(22)16(21)7-10(13)6-15(18)20/h4-5,7-9H,6H2,1-3H3. The molecule has 122 valence electrons. The molecule has 0 radical (unpaired) electrons. The second-order valence-electron chi connectivity index (χ2n) is 6.82. The summed E-state index contributed by atoms with van der Waals surface area (Å²) in [5.74, 6) is 0.819. The number of hydrogen-bond donors (Lipinski definition) is 0. The minimum atomic E-state index is -0.259. The van der Waals surface area contributed by atoms with E-state index in [9.17, 15) is 4.79 Å². The zero-order chi connectivity index (χ0) is 17.2. The maximum absolute atomic E-state index is 13.2. The number of benzene rings is 2. The van der Waals surface area contributed by atoms with E-state index in [4.69, 9.17) is 27.9 Å². The molecule has 2 aliphatic rings. The highest BCUT2D eigenvalue weighted by molar-refractivity contribution is 6.42. The van der Waals surface area contributed by atoms with Gasteiger partial charge in [0, 0.05) is 16.6 Å². The van der Waals surface area contributed by atoms with Gasteiger partial charge in [-0.3, -0.25) is 4.79 Å². The first kappa shape index (κ1) is 15.7. The van der Waals surface area contributed by atoms with Crippen molar-refractivity contribution in [1.82, 2.24) is 0 Å². The van der Waals surface area contributed by atoms with Crippen molar-refractivity contribution < 1.29 is 9.53 Å². The molecule has 0 amide bonds. The van der Waals surface area contributed by atoms with E-state index in [1.165, 1.54) is 0 Å². The topological polar surface area (TPSA) is 26.3 Å². The van der Waals surface area contributed by atoms with Gasteiger partial charge in [0.25, 0.3) is 0 Å². The average Bonchev–Trinajstić information content (AvgIpc) is 2.92. The fourth-order valence-corrected chi connectivity index (χ4v) is 4.21. The molecule has 4 heteroatoms. The second kappa shape index (κ2) is 5.11.